The molecule has 25 heavy (non-hydrogen) atoms. The summed E-state index contributed by atoms with van der Waals surface area (Å²) in [6.45, 7) is 1.87. The maximum absolute atomic E-state index is 12.3. The first-order valence-electron chi connectivity index (χ1n) is 7.30. The molecule has 3 rings (SSSR count). The molecule has 0 atom stereocenters. The van der Waals surface area contributed by atoms with Gasteiger partial charge in [-0.2, -0.15) is 0 Å². The monoisotopic (exact) mass is 394 g/mol. The molecular formula is C18H13Cl3N2O2. The van der Waals surface area contributed by atoms with Crippen molar-refractivity contribution in [2.24, 2.45) is 0 Å². The number of fused-ring (bicyclic) bond motifs is 1. The van der Waals surface area contributed by atoms with Crippen molar-refractivity contribution in [1.82, 2.24) is 0 Å². The van der Waals surface area contributed by atoms with E-state index in [1.165, 1.54) is 12.1 Å². The van der Waals surface area contributed by atoms with Crippen LogP contribution >= 0.6 is 34.8 Å². The Labute approximate surface area is 159 Å². The quantitative estimate of drug-likeness (QED) is 0.466. The van der Waals surface area contributed by atoms with Gasteiger partial charge in [0.05, 0.1) is 15.7 Å². The van der Waals surface area contributed by atoms with E-state index in [1.807, 2.05) is 6.92 Å². The summed E-state index contributed by atoms with van der Waals surface area (Å²) in [5, 5.41) is 17.6. The SMILES string of the molecule is Cc1ccc(NC(=O)Nc2c(Cl)cc(Cl)c3ccc(O)cc23)cc1Cl. The van der Waals surface area contributed by atoms with Crippen molar-refractivity contribution < 1.29 is 9.90 Å². The van der Waals surface area contributed by atoms with Crippen LogP contribution in [0.1, 0.15) is 5.56 Å². The Balaban J connectivity index is 1.93. The zero-order valence-electron chi connectivity index (χ0n) is 13.0. The molecule has 0 unspecified atom stereocenters. The van der Waals surface area contributed by atoms with Crippen LogP contribution in [0.5, 0.6) is 5.75 Å². The van der Waals surface area contributed by atoms with Gasteiger partial charge in [0.25, 0.3) is 0 Å². The summed E-state index contributed by atoms with van der Waals surface area (Å²) in [5.41, 5.74) is 1.81. The fourth-order valence-corrected chi connectivity index (χ4v) is 3.18. The van der Waals surface area contributed by atoms with Crippen LogP contribution < -0.4 is 10.6 Å². The Hall–Kier alpha value is -2.14. The van der Waals surface area contributed by atoms with E-state index in [-0.39, 0.29) is 10.8 Å². The standard InChI is InChI=1S/C18H13Cl3N2O2/c1-9-2-3-10(6-14(9)19)22-18(25)23-17-13-7-11(24)4-5-12(13)15(20)8-16(17)21/h2-8,24H,1H3,(H2,22,23,25). The number of rotatable bonds is 2. The lowest BCUT2D eigenvalue weighted by molar-refractivity contribution is 0.262. The van der Waals surface area contributed by atoms with Crippen LogP contribution in [0.3, 0.4) is 0 Å². The minimum Gasteiger partial charge on any atom is -0.508 e. The van der Waals surface area contributed by atoms with E-state index < -0.39 is 6.03 Å². The lowest BCUT2D eigenvalue weighted by Crippen LogP contribution is -2.19. The summed E-state index contributed by atoms with van der Waals surface area (Å²) in [6, 6.07) is 10.9. The van der Waals surface area contributed by atoms with Crippen molar-refractivity contribution >= 4 is 63.0 Å². The van der Waals surface area contributed by atoms with Gasteiger partial charge >= 0.3 is 6.03 Å². The van der Waals surface area contributed by atoms with Crippen molar-refractivity contribution in [2.75, 3.05) is 10.6 Å². The third-order valence-electron chi connectivity index (χ3n) is 3.69. The van der Waals surface area contributed by atoms with E-state index in [1.54, 1.807) is 30.3 Å². The highest BCUT2D eigenvalue weighted by molar-refractivity contribution is 6.41. The minimum atomic E-state index is -0.492. The predicted octanol–water partition coefficient (Wildman–Crippen LogP) is 6.46. The number of amides is 2. The normalized spacial score (nSPS) is 10.7. The number of hydrogen-bond donors (Lipinski definition) is 3. The van der Waals surface area contributed by atoms with E-state index in [0.717, 1.165) is 5.56 Å². The van der Waals surface area contributed by atoms with Gasteiger partial charge in [0.15, 0.2) is 0 Å². The Morgan fingerprint density at radius 2 is 1.64 bits per heavy atom. The van der Waals surface area contributed by atoms with Gasteiger partial charge < -0.3 is 15.7 Å². The number of hydrogen-bond acceptors (Lipinski definition) is 2. The average molecular weight is 396 g/mol. The highest BCUT2D eigenvalue weighted by atomic mass is 35.5. The second-order valence-corrected chi connectivity index (χ2v) is 6.71. The number of carbonyl (C=O) groups is 1. The van der Waals surface area contributed by atoms with Crippen molar-refractivity contribution in [3.05, 3.63) is 63.1 Å². The molecule has 0 aromatic heterocycles. The summed E-state index contributed by atoms with van der Waals surface area (Å²) in [5.74, 6) is 0.0413. The molecule has 4 nitrogen and oxygen atoms in total. The van der Waals surface area contributed by atoms with Gasteiger partial charge in [-0.3, -0.25) is 0 Å². The molecule has 2 amide bonds. The topological polar surface area (TPSA) is 61.4 Å². The van der Waals surface area contributed by atoms with Crippen molar-refractivity contribution in [2.45, 2.75) is 6.92 Å². The Bertz CT molecular complexity index is 990. The number of benzene rings is 3. The van der Waals surface area contributed by atoms with Crippen molar-refractivity contribution in [3.63, 3.8) is 0 Å². The number of phenolic OH excluding ortho intramolecular Hbond substituents is 1. The molecule has 3 aromatic rings. The molecule has 0 aliphatic rings. The van der Waals surface area contributed by atoms with Crippen LogP contribution in [0.25, 0.3) is 10.8 Å². The first kappa shape index (κ1) is 17.7. The van der Waals surface area contributed by atoms with Gasteiger partial charge in [-0.05, 0) is 48.9 Å². The number of anilines is 2. The third kappa shape index (κ3) is 3.76. The van der Waals surface area contributed by atoms with Crippen molar-refractivity contribution in [3.8, 4) is 5.75 Å². The molecule has 0 radical (unpaired) electrons. The largest absolute Gasteiger partial charge is 0.508 e. The first-order valence-corrected chi connectivity index (χ1v) is 8.43. The molecule has 0 aliphatic carbocycles. The van der Waals surface area contributed by atoms with E-state index in [0.29, 0.717) is 32.2 Å². The highest BCUT2D eigenvalue weighted by Gasteiger charge is 2.14. The number of aromatic hydroxyl groups is 1. The number of halogens is 3. The fourth-order valence-electron chi connectivity index (χ4n) is 2.41. The molecule has 0 bridgehead atoms. The Kier molecular flexibility index (Phi) is 4.95. The highest BCUT2D eigenvalue weighted by Crippen LogP contribution is 2.38. The van der Waals surface area contributed by atoms with Gasteiger partial charge in [0.2, 0.25) is 0 Å². The minimum absolute atomic E-state index is 0.0413. The van der Waals surface area contributed by atoms with Crippen LogP contribution in [0.2, 0.25) is 15.1 Å². The van der Waals surface area contributed by atoms with E-state index in [2.05, 4.69) is 10.6 Å². The molecule has 3 aromatic carbocycles. The number of aryl methyl sites for hydroxylation is 1. The molecule has 0 saturated carbocycles. The second-order valence-electron chi connectivity index (χ2n) is 5.49. The molecule has 0 saturated heterocycles. The maximum atomic E-state index is 12.3. The zero-order valence-corrected chi connectivity index (χ0v) is 15.3. The number of nitrogens with one attached hydrogen (secondary N) is 2. The molecule has 0 spiro atoms. The Morgan fingerprint density at radius 1 is 0.880 bits per heavy atom. The molecule has 0 fully saturated rings. The summed E-state index contributed by atoms with van der Waals surface area (Å²) in [7, 11) is 0. The number of carbonyl (C=O) groups excluding carboxylic acids is 1. The summed E-state index contributed by atoms with van der Waals surface area (Å²) >= 11 is 18.5. The molecule has 3 N–H and O–H groups in total. The molecule has 128 valence electrons. The average Bonchev–Trinajstić information content (AvgIpc) is 2.54. The van der Waals surface area contributed by atoms with Gasteiger partial charge in [-0.25, -0.2) is 4.79 Å². The van der Waals surface area contributed by atoms with Gasteiger partial charge in [-0.1, -0.05) is 40.9 Å². The summed E-state index contributed by atoms with van der Waals surface area (Å²) < 4.78 is 0. The van der Waals surface area contributed by atoms with Crippen LogP contribution in [0.15, 0.2) is 42.5 Å². The van der Waals surface area contributed by atoms with Gasteiger partial charge in [0, 0.05) is 21.5 Å². The first-order chi connectivity index (χ1) is 11.8. The molecule has 7 heteroatoms. The van der Waals surface area contributed by atoms with Crippen LogP contribution in [0, 0.1) is 6.92 Å². The molecule has 0 aliphatic heterocycles. The van der Waals surface area contributed by atoms with Crippen LogP contribution in [0.4, 0.5) is 16.2 Å². The number of urea groups is 1. The fraction of sp³-hybridized carbons (Fsp3) is 0.0556. The maximum Gasteiger partial charge on any atom is 0.323 e. The van der Waals surface area contributed by atoms with E-state index in [4.69, 9.17) is 34.8 Å². The van der Waals surface area contributed by atoms with E-state index >= 15 is 0 Å². The van der Waals surface area contributed by atoms with Crippen LogP contribution in [-0.4, -0.2) is 11.1 Å². The second kappa shape index (κ2) is 7.00. The summed E-state index contributed by atoms with van der Waals surface area (Å²) in [6.07, 6.45) is 0. The smallest absolute Gasteiger partial charge is 0.323 e. The van der Waals surface area contributed by atoms with Gasteiger partial charge in [-0.15, -0.1) is 0 Å². The summed E-state index contributed by atoms with van der Waals surface area (Å²) in [4.78, 5) is 12.3. The number of phenols is 1. The van der Waals surface area contributed by atoms with Crippen LogP contribution in [-0.2, 0) is 0 Å². The zero-order chi connectivity index (χ0) is 18.1. The lowest BCUT2D eigenvalue weighted by atomic mass is 10.1. The lowest BCUT2D eigenvalue weighted by Gasteiger charge is -2.13. The van der Waals surface area contributed by atoms with Crippen molar-refractivity contribution in [1.29, 1.82) is 0 Å². The predicted molar refractivity (Wildman–Crippen MR) is 104 cm³/mol. The Morgan fingerprint density at radius 3 is 2.36 bits per heavy atom. The molecular weight excluding hydrogens is 383 g/mol. The van der Waals surface area contributed by atoms with E-state index in [9.17, 15) is 9.90 Å². The van der Waals surface area contributed by atoms with Gasteiger partial charge in [0.1, 0.15) is 5.75 Å². The third-order valence-corrected chi connectivity index (χ3v) is 4.71. The molecule has 0 heterocycles.